The van der Waals surface area contributed by atoms with E-state index in [0.29, 0.717) is 14.4 Å². The monoisotopic (exact) mass is 243 g/mol. The number of carbonyl (C=O) groups excluding carboxylic acids is 1. The van der Waals surface area contributed by atoms with Crippen LogP contribution in [0.25, 0.3) is 0 Å². The molecule has 1 amide bonds. The van der Waals surface area contributed by atoms with E-state index in [9.17, 15) is 4.79 Å². The maximum absolute atomic E-state index is 10.8. The van der Waals surface area contributed by atoms with Crippen LogP contribution in [0.2, 0.25) is 8.67 Å². The van der Waals surface area contributed by atoms with Gasteiger partial charge in [0.25, 0.3) is 0 Å². The lowest BCUT2D eigenvalue weighted by molar-refractivity contribution is -0.113. The number of carbonyl (C=O) groups is 1. The molecule has 0 atom stereocenters. The van der Waals surface area contributed by atoms with E-state index in [2.05, 4.69) is 5.32 Å². The number of alkyl halides is 1. The molecule has 1 aromatic heterocycles. The average molecular weight is 245 g/mol. The molecule has 1 N–H and O–H groups in total. The number of thiophene rings is 1. The molecule has 6 heteroatoms. The van der Waals surface area contributed by atoms with Crippen molar-refractivity contribution in [3.05, 3.63) is 14.7 Å². The van der Waals surface area contributed by atoms with Crippen molar-refractivity contribution in [3.63, 3.8) is 0 Å². The third-order valence-corrected chi connectivity index (χ3v) is 2.78. The summed E-state index contributed by atoms with van der Waals surface area (Å²) < 4.78 is 0.989. The van der Waals surface area contributed by atoms with Crippen molar-refractivity contribution in [2.24, 2.45) is 0 Å². The fourth-order valence-corrected chi connectivity index (χ4v) is 2.05. The molecule has 0 spiro atoms. The molecule has 12 heavy (non-hydrogen) atoms. The number of rotatable bonds is 2. The molecule has 0 aromatic carbocycles. The first-order chi connectivity index (χ1) is 5.63. The second-order valence-corrected chi connectivity index (χ2v) is 4.47. The number of anilines is 1. The van der Waals surface area contributed by atoms with Gasteiger partial charge in [0.1, 0.15) is 10.2 Å². The largest absolute Gasteiger partial charge is 0.323 e. The maximum Gasteiger partial charge on any atom is 0.239 e. The van der Waals surface area contributed by atoms with E-state index >= 15 is 0 Å². The van der Waals surface area contributed by atoms with Crippen LogP contribution < -0.4 is 5.32 Å². The molecule has 0 aliphatic carbocycles. The third-order valence-electron chi connectivity index (χ3n) is 1.05. The molecule has 2 nitrogen and oxygen atoms in total. The predicted molar refractivity (Wildman–Crippen MR) is 53.7 cm³/mol. The normalized spacial score (nSPS) is 9.92. The number of amides is 1. The highest BCUT2D eigenvalue weighted by Gasteiger charge is 2.07. The fourth-order valence-electron chi connectivity index (χ4n) is 0.609. The summed E-state index contributed by atoms with van der Waals surface area (Å²) in [5.74, 6) is -0.392. The highest BCUT2D eigenvalue weighted by Crippen LogP contribution is 2.34. The van der Waals surface area contributed by atoms with Crippen molar-refractivity contribution in [2.75, 3.05) is 11.2 Å². The molecule has 0 saturated carbocycles. The van der Waals surface area contributed by atoms with E-state index in [1.165, 1.54) is 11.3 Å². The zero-order valence-electron chi connectivity index (χ0n) is 5.73. The van der Waals surface area contributed by atoms with E-state index in [1.54, 1.807) is 6.07 Å². The first-order valence-electron chi connectivity index (χ1n) is 2.94. The van der Waals surface area contributed by atoms with Crippen LogP contribution in [0.5, 0.6) is 0 Å². The van der Waals surface area contributed by atoms with Gasteiger partial charge < -0.3 is 5.32 Å². The fraction of sp³-hybridized carbons (Fsp3) is 0.167. The summed E-state index contributed by atoms with van der Waals surface area (Å²) in [6, 6.07) is 1.58. The smallest absolute Gasteiger partial charge is 0.239 e. The Balaban J connectivity index is 2.75. The maximum atomic E-state index is 10.8. The van der Waals surface area contributed by atoms with Gasteiger partial charge in [0, 0.05) is 0 Å². The van der Waals surface area contributed by atoms with Gasteiger partial charge in [0.2, 0.25) is 5.91 Å². The minimum Gasteiger partial charge on any atom is -0.323 e. The SMILES string of the molecule is O=C(CCl)Nc1cc(Cl)sc1Cl. The van der Waals surface area contributed by atoms with Gasteiger partial charge in [-0.25, -0.2) is 0 Å². The van der Waals surface area contributed by atoms with Crippen LogP contribution in [0, 0.1) is 0 Å². The van der Waals surface area contributed by atoms with Crippen LogP contribution in [0.1, 0.15) is 0 Å². The van der Waals surface area contributed by atoms with Gasteiger partial charge in [-0.3, -0.25) is 4.79 Å². The molecular weight excluding hydrogens is 240 g/mol. The molecular formula is C6H4Cl3NOS. The van der Waals surface area contributed by atoms with E-state index in [-0.39, 0.29) is 11.8 Å². The highest BCUT2D eigenvalue weighted by atomic mass is 35.5. The summed E-state index contributed by atoms with van der Waals surface area (Å²) in [5, 5.41) is 2.50. The van der Waals surface area contributed by atoms with Crippen LogP contribution in [-0.2, 0) is 4.79 Å². The van der Waals surface area contributed by atoms with Crippen LogP contribution >= 0.6 is 46.1 Å². The van der Waals surface area contributed by atoms with Gasteiger partial charge >= 0.3 is 0 Å². The van der Waals surface area contributed by atoms with Crippen LogP contribution in [0.4, 0.5) is 5.69 Å². The Morgan fingerprint density at radius 3 is 2.67 bits per heavy atom. The number of halogens is 3. The lowest BCUT2D eigenvalue weighted by atomic mass is 10.5. The summed E-state index contributed by atoms with van der Waals surface area (Å²) in [6.07, 6.45) is 0. The topological polar surface area (TPSA) is 29.1 Å². The Bertz CT molecular complexity index is 299. The molecule has 1 rings (SSSR count). The molecule has 0 radical (unpaired) electrons. The van der Waals surface area contributed by atoms with Gasteiger partial charge in [-0.2, -0.15) is 0 Å². The number of nitrogens with one attached hydrogen (secondary N) is 1. The summed E-state index contributed by atoms with van der Waals surface area (Å²) in [7, 11) is 0. The lowest BCUT2D eigenvalue weighted by Crippen LogP contribution is -2.11. The molecule has 0 aliphatic rings. The minimum absolute atomic E-state index is 0.0935. The molecule has 1 heterocycles. The zero-order valence-corrected chi connectivity index (χ0v) is 8.82. The summed E-state index contributed by atoms with van der Waals surface area (Å²) in [4.78, 5) is 10.8. The highest BCUT2D eigenvalue weighted by molar-refractivity contribution is 7.20. The van der Waals surface area contributed by atoms with E-state index in [1.807, 2.05) is 0 Å². The van der Waals surface area contributed by atoms with Crippen molar-refractivity contribution in [3.8, 4) is 0 Å². The molecule has 0 saturated heterocycles. The van der Waals surface area contributed by atoms with E-state index < -0.39 is 0 Å². The van der Waals surface area contributed by atoms with Crippen molar-refractivity contribution in [1.29, 1.82) is 0 Å². The van der Waals surface area contributed by atoms with Crippen molar-refractivity contribution in [2.45, 2.75) is 0 Å². The van der Waals surface area contributed by atoms with Gasteiger partial charge in [-0.15, -0.1) is 22.9 Å². The van der Waals surface area contributed by atoms with Crippen molar-refractivity contribution < 1.29 is 4.79 Å². The Morgan fingerprint density at radius 1 is 1.58 bits per heavy atom. The molecule has 0 bridgehead atoms. The first-order valence-corrected chi connectivity index (χ1v) is 5.05. The average Bonchev–Trinajstić information content (AvgIpc) is 2.30. The summed E-state index contributed by atoms with van der Waals surface area (Å²) >= 11 is 17.8. The van der Waals surface area contributed by atoms with Crippen LogP contribution in [0.15, 0.2) is 6.07 Å². The zero-order chi connectivity index (χ0) is 9.14. The molecule has 0 fully saturated rings. The Morgan fingerprint density at radius 2 is 2.25 bits per heavy atom. The lowest BCUT2D eigenvalue weighted by Gasteiger charge is -1.98. The van der Waals surface area contributed by atoms with Crippen molar-refractivity contribution in [1.82, 2.24) is 0 Å². The molecule has 0 unspecified atom stereocenters. The minimum atomic E-state index is -0.298. The number of hydrogen-bond donors (Lipinski definition) is 1. The first kappa shape index (κ1) is 10.1. The van der Waals surface area contributed by atoms with Gasteiger partial charge in [0.05, 0.1) is 10.0 Å². The number of hydrogen-bond acceptors (Lipinski definition) is 2. The Labute approximate surface area is 88.4 Å². The van der Waals surface area contributed by atoms with E-state index in [0.717, 1.165) is 0 Å². The Hall–Kier alpha value is 0.0400. The molecule has 66 valence electrons. The second-order valence-electron chi connectivity index (χ2n) is 1.92. The van der Waals surface area contributed by atoms with Crippen molar-refractivity contribution >= 4 is 57.7 Å². The molecule has 0 aliphatic heterocycles. The third kappa shape index (κ3) is 2.52. The van der Waals surface area contributed by atoms with Crippen LogP contribution in [-0.4, -0.2) is 11.8 Å². The summed E-state index contributed by atoms with van der Waals surface area (Å²) in [6.45, 7) is 0. The predicted octanol–water partition coefficient (Wildman–Crippen LogP) is 3.23. The van der Waals surface area contributed by atoms with Gasteiger partial charge in [0.15, 0.2) is 0 Å². The summed E-state index contributed by atoms with van der Waals surface area (Å²) in [5.41, 5.74) is 0.511. The quantitative estimate of drug-likeness (QED) is 0.795. The van der Waals surface area contributed by atoms with Gasteiger partial charge in [-0.1, -0.05) is 23.2 Å². The van der Waals surface area contributed by atoms with Crippen LogP contribution in [0.3, 0.4) is 0 Å². The molecule has 1 aromatic rings. The second kappa shape index (κ2) is 4.33. The van der Waals surface area contributed by atoms with E-state index in [4.69, 9.17) is 34.8 Å². The standard InChI is InChI=1S/C6H4Cl3NOS/c7-2-5(11)10-3-1-4(8)12-6(3)9/h1H,2H2,(H,10,11). The Kier molecular flexibility index (Phi) is 3.65. The van der Waals surface area contributed by atoms with Gasteiger partial charge in [-0.05, 0) is 6.07 Å².